The van der Waals surface area contributed by atoms with Crippen molar-refractivity contribution in [3.63, 3.8) is 0 Å². The highest BCUT2D eigenvalue weighted by Crippen LogP contribution is 2.59. The molecule has 1 heterocycles. The van der Waals surface area contributed by atoms with E-state index in [1.54, 1.807) is 38.1 Å². The Morgan fingerprint density at radius 3 is 2.53 bits per heavy atom. The summed E-state index contributed by atoms with van der Waals surface area (Å²) in [4.78, 5) is 23.2. The SMILES string of the molecule is CC1=NN(c2ccccc2)C(=O)[C@]12[C@H](C)[C@H]2[N+](=O)[O-]. The lowest BCUT2D eigenvalue weighted by molar-refractivity contribution is -0.501. The van der Waals surface area contributed by atoms with Gasteiger partial charge in [0.25, 0.3) is 5.91 Å². The van der Waals surface area contributed by atoms with Crippen molar-refractivity contribution >= 4 is 17.3 Å². The molecule has 1 aliphatic heterocycles. The van der Waals surface area contributed by atoms with Crippen LogP contribution in [0.15, 0.2) is 35.4 Å². The molecular weight excluding hydrogens is 246 g/mol. The van der Waals surface area contributed by atoms with E-state index in [1.807, 2.05) is 6.07 Å². The molecule has 98 valence electrons. The lowest BCUT2D eigenvalue weighted by Crippen LogP contribution is -2.33. The third kappa shape index (κ3) is 1.31. The number of hydrogen-bond acceptors (Lipinski definition) is 4. The minimum Gasteiger partial charge on any atom is -0.271 e. The van der Waals surface area contributed by atoms with Gasteiger partial charge in [-0.3, -0.25) is 14.9 Å². The van der Waals surface area contributed by atoms with Crippen molar-refractivity contribution in [3.05, 3.63) is 40.4 Å². The summed E-state index contributed by atoms with van der Waals surface area (Å²) in [5.74, 6) is -0.585. The van der Waals surface area contributed by atoms with Crippen LogP contribution in [-0.4, -0.2) is 22.6 Å². The van der Waals surface area contributed by atoms with Crippen LogP contribution in [0.5, 0.6) is 0 Å². The predicted molar refractivity (Wildman–Crippen MR) is 69.4 cm³/mol. The van der Waals surface area contributed by atoms with Crippen LogP contribution in [0.25, 0.3) is 0 Å². The first-order valence-electron chi connectivity index (χ1n) is 6.10. The molecule has 6 nitrogen and oxygen atoms in total. The minimum absolute atomic E-state index is 0.287. The van der Waals surface area contributed by atoms with Crippen molar-refractivity contribution in [2.75, 3.05) is 5.01 Å². The van der Waals surface area contributed by atoms with Crippen LogP contribution in [0, 0.1) is 21.4 Å². The Bertz CT molecular complexity index is 598. The highest BCUT2D eigenvalue weighted by molar-refractivity contribution is 6.21. The van der Waals surface area contributed by atoms with Crippen LogP contribution in [-0.2, 0) is 4.79 Å². The van der Waals surface area contributed by atoms with E-state index in [0.717, 1.165) is 0 Å². The third-order valence-corrected chi connectivity index (χ3v) is 4.17. The molecule has 2 aliphatic rings. The van der Waals surface area contributed by atoms with Gasteiger partial charge < -0.3 is 0 Å². The second-order valence-electron chi connectivity index (χ2n) is 5.03. The quantitative estimate of drug-likeness (QED) is 0.599. The topological polar surface area (TPSA) is 75.8 Å². The van der Waals surface area contributed by atoms with Gasteiger partial charge >= 0.3 is 0 Å². The van der Waals surface area contributed by atoms with Gasteiger partial charge in [-0.2, -0.15) is 10.1 Å². The van der Waals surface area contributed by atoms with Crippen molar-refractivity contribution in [3.8, 4) is 0 Å². The van der Waals surface area contributed by atoms with Gasteiger partial charge in [0.05, 0.1) is 17.3 Å². The van der Waals surface area contributed by atoms with Crippen molar-refractivity contribution in [2.24, 2.45) is 16.4 Å². The van der Waals surface area contributed by atoms with Gasteiger partial charge in [0.2, 0.25) is 6.04 Å². The standard InChI is InChI=1S/C13H13N3O3/c1-8-11(16(18)19)13(8)9(2)14-15(12(13)17)10-6-4-3-5-7-10/h3-8,11H,1-2H3/t8-,11-,13-/m1/s1. The van der Waals surface area contributed by atoms with E-state index in [4.69, 9.17) is 0 Å². The maximum atomic E-state index is 12.5. The lowest BCUT2D eigenvalue weighted by atomic mass is 9.98. The average molecular weight is 259 g/mol. The summed E-state index contributed by atoms with van der Waals surface area (Å²) in [6.07, 6.45) is 0. The van der Waals surface area contributed by atoms with E-state index in [-0.39, 0.29) is 16.7 Å². The number of rotatable bonds is 2. The van der Waals surface area contributed by atoms with Crippen LogP contribution in [0.1, 0.15) is 13.8 Å². The first kappa shape index (κ1) is 11.8. The van der Waals surface area contributed by atoms with Gasteiger partial charge in [-0.05, 0) is 19.1 Å². The highest BCUT2D eigenvalue weighted by atomic mass is 16.6. The molecule has 1 aliphatic carbocycles. The number of benzene rings is 1. The first-order chi connectivity index (χ1) is 9.01. The van der Waals surface area contributed by atoms with E-state index < -0.39 is 11.5 Å². The molecule has 1 aromatic rings. The Labute approximate surface area is 109 Å². The molecule has 0 aromatic heterocycles. The van der Waals surface area contributed by atoms with Crippen molar-refractivity contribution in [2.45, 2.75) is 19.9 Å². The van der Waals surface area contributed by atoms with Gasteiger partial charge in [0.1, 0.15) is 0 Å². The largest absolute Gasteiger partial charge is 0.271 e. The van der Waals surface area contributed by atoms with E-state index in [9.17, 15) is 14.9 Å². The van der Waals surface area contributed by atoms with Crippen LogP contribution < -0.4 is 5.01 Å². The summed E-state index contributed by atoms with van der Waals surface area (Å²) in [5.41, 5.74) is 0.153. The molecule has 1 amide bonds. The van der Waals surface area contributed by atoms with Gasteiger partial charge in [-0.1, -0.05) is 25.1 Å². The molecule has 0 bridgehead atoms. The maximum Gasteiger partial charge on any atom is 0.266 e. The zero-order chi connectivity index (χ0) is 13.8. The molecular formula is C13H13N3O3. The van der Waals surface area contributed by atoms with Gasteiger partial charge in [0.15, 0.2) is 5.41 Å². The maximum absolute atomic E-state index is 12.5. The summed E-state index contributed by atoms with van der Waals surface area (Å²) >= 11 is 0. The summed E-state index contributed by atoms with van der Waals surface area (Å²) in [6.45, 7) is 3.43. The van der Waals surface area contributed by atoms with E-state index in [0.29, 0.717) is 11.4 Å². The fraction of sp³-hybridized carbons (Fsp3) is 0.385. The number of anilines is 1. The third-order valence-electron chi connectivity index (χ3n) is 4.17. The van der Waals surface area contributed by atoms with Crippen LogP contribution in [0.2, 0.25) is 0 Å². The normalized spacial score (nSPS) is 32.6. The van der Waals surface area contributed by atoms with Gasteiger partial charge in [0, 0.05) is 4.92 Å². The van der Waals surface area contributed by atoms with Crippen molar-refractivity contribution < 1.29 is 9.72 Å². The van der Waals surface area contributed by atoms with Gasteiger partial charge in [-0.15, -0.1) is 0 Å². The molecule has 3 atom stereocenters. The number of nitro groups is 1. The van der Waals surface area contributed by atoms with Crippen LogP contribution >= 0.6 is 0 Å². The fourth-order valence-corrected chi connectivity index (χ4v) is 3.10. The molecule has 6 heteroatoms. The first-order valence-corrected chi connectivity index (χ1v) is 6.10. The van der Waals surface area contributed by atoms with Crippen molar-refractivity contribution in [1.82, 2.24) is 0 Å². The zero-order valence-corrected chi connectivity index (χ0v) is 10.6. The Balaban J connectivity index is 2.00. The molecule has 1 fully saturated rings. The lowest BCUT2D eigenvalue weighted by Gasteiger charge is -2.13. The molecule has 19 heavy (non-hydrogen) atoms. The second-order valence-corrected chi connectivity index (χ2v) is 5.03. The molecule has 0 unspecified atom stereocenters. The molecule has 3 rings (SSSR count). The minimum atomic E-state index is -1.03. The van der Waals surface area contributed by atoms with E-state index in [1.165, 1.54) is 5.01 Å². The molecule has 0 radical (unpaired) electrons. The Hall–Kier alpha value is -2.24. The molecule has 1 saturated carbocycles. The monoisotopic (exact) mass is 259 g/mol. The van der Waals surface area contributed by atoms with E-state index >= 15 is 0 Å². The number of amides is 1. The summed E-state index contributed by atoms with van der Waals surface area (Å²) in [5, 5.41) is 16.6. The Morgan fingerprint density at radius 2 is 2.00 bits per heavy atom. The number of hydrogen-bond donors (Lipinski definition) is 0. The Morgan fingerprint density at radius 1 is 1.37 bits per heavy atom. The van der Waals surface area contributed by atoms with Gasteiger partial charge in [-0.25, -0.2) is 0 Å². The average Bonchev–Trinajstić information content (AvgIpc) is 2.95. The fourth-order valence-electron chi connectivity index (χ4n) is 3.10. The molecule has 1 aromatic carbocycles. The summed E-state index contributed by atoms with van der Waals surface area (Å²) in [7, 11) is 0. The summed E-state index contributed by atoms with van der Waals surface area (Å²) in [6, 6.07) is 8.14. The number of para-hydroxylation sites is 1. The highest BCUT2D eigenvalue weighted by Gasteiger charge is 2.80. The number of hydrazone groups is 1. The Kier molecular flexibility index (Phi) is 2.26. The molecule has 0 saturated heterocycles. The smallest absolute Gasteiger partial charge is 0.266 e. The van der Waals surface area contributed by atoms with Crippen LogP contribution in [0.3, 0.4) is 0 Å². The number of nitrogens with zero attached hydrogens (tertiary/aromatic N) is 3. The van der Waals surface area contributed by atoms with E-state index in [2.05, 4.69) is 5.10 Å². The molecule has 0 N–H and O–H groups in total. The summed E-state index contributed by atoms with van der Waals surface area (Å²) < 4.78 is 0. The number of carbonyl (C=O) groups excluding carboxylic acids is 1. The predicted octanol–water partition coefficient (Wildman–Crippen LogP) is 1.69. The number of carbonyl (C=O) groups is 1. The second kappa shape index (κ2) is 3.63. The van der Waals surface area contributed by atoms with Crippen LogP contribution in [0.4, 0.5) is 5.69 Å². The molecule has 1 spiro atoms. The zero-order valence-electron chi connectivity index (χ0n) is 10.6. The van der Waals surface area contributed by atoms with Crippen molar-refractivity contribution in [1.29, 1.82) is 0 Å².